The monoisotopic (exact) mass is 252 g/mol. The first-order valence-electron chi connectivity index (χ1n) is 5.12. The summed E-state index contributed by atoms with van der Waals surface area (Å²) >= 11 is 0. The Bertz CT molecular complexity index is 744. The summed E-state index contributed by atoms with van der Waals surface area (Å²) in [5.74, 6) is -4.50. The molecule has 0 spiro atoms. The lowest BCUT2D eigenvalue weighted by Gasteiger charge is -2.10. The number of aromatic nitrogens is 1. The lowest BCUT2D eigenvalue weighted by molar-refractivity contribution is 0.450. The molecule has 0 saturated heterocycles. The van der Waals surface area contributed by atoms with E-state index in [1.807, 2.05) is 0 Å². The van der Waals surface area contributed by atoms with Gasteiger partial charge in [0.15, 0.2) is 17.5 Å². The number of pyridine rings is 1. The first kappa shape index (κ1) is 12.2. The second-order valence-corrected chi connectivity index (χ2v) is 3.65. The van der Waals surface area contributed by atoms with Crippen molar-refractivity contribution in [2.45, 2.75) is 13.5 Å². The predicted octanol–water partition coefficient (Wildman–Crippen LogP) is 2.31. The Hall–Kier alpha value is -2.29. The van der Waals surface area contributed by atoms with E-state index in [2.05, 4.69) is 0 Å². The van der Waals surface area contributed by atoms with Crippen molar-refractivity contribution in [1.82, 2.24) is 4.57 Å². The van der Waals surface area contributed by atoms with Crippen LogP contribution < -0.4 is 5.43 Å². The van der Waals surface area contributed by atoms with E-state index in [0.29, 0.717) is 6.07 Å². The quantitative estimate of drug-likeness (QED) is 0.731. The summed E-state index contributed by atoms with van der Waals surface area (Å²) in [5.41, 5.74) is -1.38. The van der Waals surface area contributed by atoms with Crippen LogP contribution in [0.25, 0.3) is 10.9 Å². The molecule has 18 heavy (non-hydrogen) atoms. The molecule has 92 valence electrons. The molecule has 0 atom stereocenters. The molecule has 0 radical (unpaired) electrons. The number of aryl methyl sites for hydroxylation is 1. The van der Waals surface area contributed by atoms with Crippen molar-refractivity contribution in [1.29, 1.82) is 5.26 Å². The van der Waals surface area contributed by atoms with Crippen LogP contribution in [-0.4, -0.2) is 4.57 Å². The molecule has 0 bridgehead atoms. The van der Waals surface area contributed by atoms with Gasteiger partial charge in [-0.05, 0) is 13.0 Å². The molecule has 1 heterocycles. The summed E-state index contributed by atoms with van der Waals surface area (Å²) < 4.78 is 41.1. The van der Waals surface area contributed by atoms with Crippen LogP contribution in [0.15, 0.2) is 17.1 Å². The highest BCUT2D eigenvalue weighted by Crippen LogP contribution is 2.21. The fourth-order valence-electron chi connectivity index (χ4n) is 1.79. The first-order chi connectivity index (χ1) is 8.51. The van der Waals surface area contributed by atoms with Crippen LogP contribution >= 0.6 is 0 Å². The van der Waals surface area contributed by atoms with Gasteiger partial charge in [-0.1, -0.05) is 0 Å². The SMILES string of the molecule is CCn1cc(C#N)c(=O)c2cc(F)c(F)c(F)c21. The normalized spacial score (nSPS) is 10.6. The van der Waals surface area contributed by atoms with Crippen LogP contribution in [0.1, 0.15) is 12.5 Å². The summed E-state index contributed by atoms with van der Waals surface area (Å²) in [6.07, 6.45) is 1.13. The summed E-state index contributed by atoms with van der Waals surface area (Å²) in [6.45, 7) is 1.85. The Morgan fingerprint density at radius 2 is 2.00 bits per heavy atom. The number of benzene rings is 1. The molecule has 1 aromatic carbocycles. The third-order valence-electron chi connectivity index (χ3n) is 2.66. The zero-order valence-electron chi connectivity index (χ0n) is 9.30. The number of nitrogens with zero attached hydrogens (tertiary/aromatic N) is 2. The highest BCUT2D eigenvalue weighted by molar-refractivity contribution is 5.81. The number of hydrogen-bond acceptors (Lipinski definition) is 2. The van der Waals surface area contributed by atoms with Crippen molar-refractivity contribution >= 4 is 10.9 Å². The molecule has 0 N–H and O–H groups in total. The van der Waals surface area contributed by atoms with Crippen LogP contribution in [0.2, 0.25) is 0 Å². The van der Waals surface area contributed by atoms with Crippen molar-refractivity contribution in [2.75, 3.05) is 0 Å². The summed E-state index contributed by atoms with van der Waals surface area (Å²) in [5, 5.41) is 8.43. The number of nitriles is 1. The van der Waals surface area contributed by atoms with E-state index < -0.39 is 22.9 Å². The van der Waals surface area contributed by atoms with Crippen molar-refractivity contribution in [2.24, 2.45) is 0 Å². The highest BCUT2D eigenvalue weighted by atomic mass is 19.2. The molecular formula is C12H7F3N2O. The van der Waals surface area contributed by atoms with E-state index in [0.717, 1.165) is 6.20 Å². The van der Waals surface area contributed by atoms with Gasteiger partial charge < -0.3 is 4.57 Å². The molecule has 2 aromatic rings. The molecule has 0 aliphatic carbocycles. The Kier molecular flexibility index (Phi) is 2.83. The lowest BCUT2D eigenvalue weighted by atomic mass is 10.1. The van der Waals surface area contributed by atoms with Gasteiger partial charge in [0.05, 0.1) is 10.9 Å². The van der Waals surface area contributed by atoms with Crippen molar-refractivity contribution < 1.29 is 13.2 Å². The van der Waals surface area contributed by atoms with Crippen LogP contribution in [0.3, 0.4) is 0 Å². The van der Waals surface area contributed by atoms with Crippen LogP contribution in [0, 0.1) is 28.8 Å². The minimum Gasteiger partial charge on any atom is -0.344 e. The molecule has 1 aromatic heterocycles. The summed E-state index contributed by atoms with van der Waals surface area (Å²) in [4.78, 5) is 11.8. The van der Waals surface area contributed by atoms with Crippen LogP contribution in [-0.2, 0) is 6.54 Å². The van der Waals surface area contributed by atoms with Crippen LogP contribution in [0.4, 0.5) is 13.2 Å². The zero-order chi connectivity index (χ0) is 13.4. The molecule has 6 heteroatoms. The molecule has 0 amide bonds. The van der Waals surface area contributed by atoms with E-state index in [4.69, 9.17) is 5.26 Å². The van der Waals surface area contributed by atoms with Crippen molar-refractivity contribution in [3.05, 3.63) is 45.5 Å². The third-order valence-corrected chi connectivity index (χ3v) is 2.66. The second-order valence-electron chi connectivity index (χ2n) is 3.65. The van der Waals surface area contributed by atoms with E-state index >= 15 is 0 Å². The first-order valence-corrected chi connectivity index (χ1v) is 5.12. The van der Waals surface area contributed by atoms with E-state index in [9.17, 15) is 18.0 Å². The van der Waals surface area contributed by atoms with Crippen molar-refractivity contribution in [3.8, 4) is 6.07 Å². The maximum atomic E-state index is 13.7. The second kappa shape index (κ2) is 4.18. The largest absolute Gasteiger partial charge is 0.344 e. The molecule has 0 fully saturated rings. The fraction of sp³-hybridized carbons (Fsp3) is 0.167. The molecule has 0 unspecified atom stereocenters. The van der Waals surface area contributed by atoms with Gasteiger partial charge in [-0.2, -0.15) is 5.26 Å². The summed E-state index contributed by atoms with van der Waals surface area (Å²) in [6, 6.07) is 2.26. The smallest absolute Gasteiger partial charge is 0.207 e. The van der Waals surface area contributed by atoms with Gasteiger partial charge in [0, 0.05) is 12.7 Å². The Labute approximate surface area is 99.7 Å². The Morgan fingerprint density at radius 3 is 2.56 bits per heavy atom. The molecule has 2 rings (SSSR count). The van der Waals surface area contributed by atoms with Crippen LogP contribution in [0.5, 0.6) is 0 Å². The predicted molar refractivity (Wildman–Crippen MR) is 58.5 cm³/mol. The molecular weight excluding hydrogens is 245 g/mol. The maximum Gasteiger partial charge on any atom is 0.207 e. The minimum absolute atomic E-state index is 0.216. The number of fused-ring (bicyclic) bond motifs is 1. The number of halogens is 3. The van der Waals surface area contributed by atoms with Gasteiger partial charge in [0.25, 0.3) is 0 Å². The molecule has 0 aliphatic rings. The average Bonchev–Trinajstić information content (AvgIpc) is 2.37. The minimum atomic E-state index is -1.63. The molecule has 0 saturated carbocycles. The highest BCUT2D eigenvalue weighted by Gasteiger charge is 2.19. The van der Waals surface area contributed by atoms with Crippen molar-refractivity contribution in [3.63, 3.8) is 0 Å². The van der Waals surface area contributed by atoms with Gasteiger partial charge in [-0.15, -0.1) is 0 Å². The standard InChI is InChI=1S/C12H7F3N2O/c1-2-17-5-6(4-16)12(18)7-3-8(13)9(14)10(15)11(7)17/h3,5H,2H2,1H3. The number of rotatable bonds is 1. The lowest BCUT2D eigenvalue weighted by Crippen LogP contribution is -2.15. The zero-order valence-corrected chi connectivity index (χ0v) is 9.30. The maximum absolute atomic E-state index is 13.7. The molecule has 0 aliphatic heterocycles. The van der Waals surface area contributed by atoms with Gasteiger partial charge >= 0.3 is 0 Å². The summed E-state index contributed by atoms with van der Waals surface area (Å²) in [7, 11) is 0. The third kappa shape index (κ3) is 1.56. The Morgan fingerprint density at radius 1 is 1.33 bits per heavy atom. The van der Waals surface area contributed by atoms with Gasteiger partial charge in [0.1, 0.15) is 11.6 Å². The van der Waals surface area contributed by atoms with E-state index in [-0.39, 0.29) is 23.0 Å². The number of hydrogen-bond donors (Lipinski definition) is 0. The topological polar surface area (TPSA) is 45.8 Å². The fourth-order valence-corrected chi connectivity index (χ4v) is 1.79. The van der Waals surface area contributed by atoms with Gasteiger partial charge in [-0.3, -0.25) is 4.79 Å². The van der Waals surface area contributed by atoms with Gasteiger partial charge in [-0.25, -0.2) is 13.2 Å². The molecule has 3 nitrogen and oxygen atoms in total. The van der Waals surface area contributed by atoms with E-state index in [1.54, 1.807) is 13.0 Å². The average molecular weight is 252 g/mol. The van der Waals surface area contributed by atoms with E-state index in [1.165, 1.54) is 4.57 Å². The Balaban J connectivity index is 3.11. The van der Waals surface area contributed by atoms with Gasteiger partial charge in [0.2, 0.25) is 5.43 Å².